The number of nitrogens with zero attached hydrogens (tertiary/aromatic N) is 4. The highest BCUT2D eigenvalue weighted by Gasteiger charge is 2.31. The number of aromatic nitrogens is 3. The molecule has 1 amide bonds. The van der Waals surface area contributed by atoms with E-state index in [1.807, 2.05) is 11.9 Å². The normalized spacial score (nSPS) is 17.8. The van der Waals surface area contributed by atoms with Crippen molar-refractivity contribution < 1.29 is 18.0 Å². The Morgan fingerprint density at radius 3 is 2.68 bits per heavy atom. The maximum atomic E-state index is 12.8. The molecule has 1 saturated heterocycles. The second kappa shape index (κ2) is 7.90. The van der Waals surface area contributed by atoms with Gasteiger partial charge in [0.05, 0.1) is 17.7 Å². The Kier molecular flexibility index (Phi) is 5.74. The Balaban J connectivity index is 1.79. The third-order valence-electron chi connectivity index (χ3n) is 5.24. The molecule has 0 radical (unpaired) electrons. The quantitative estimate of drug-likeness (QED) is 0.865. The predicted molar refractivity (Wildman–Crippen MR) is 98.2 cm³/mol. The lowest BCUT2D eigenvalue weighted by molar-refractivity contribution is -0.137. The third kappa shape index (κ3) is 4.19. The topological polar surface area (TPSA) is 63.1 Å². The predicted octanol–water partition coefficient (Wildman–Crippen LogP) is 2.66. The molecule has 2 aromatic rings. The standard InChI is InChI=1S/C19H24F3N5O/c1-12-16(9-18(28)26-8-4-5-15(11-26)23-3)13(2)27(25-12)17-7-6-14(10-24-17)19(20,21)22/h6-7,10,15,23H,4-5,8-9,11H2,1-3H3/t15-/m0/s1. The highest BCUT2D eigenvalue weighted by atomic mass is 19.4. The van der Waals surface area contributed by atoms with Crippen LogP contribution in [-0.2, 0) is 17.4 Å². The number of hydrogen-bond donors (Lipinski definition) is 1. The summed E-state index contributed by atoms with van der Waals surface area (Å²) in [5, 5.41) is 7.61. The zero-order chi connectivity index (χ0) is 20.5. The number of aryl methyl sites for hydroxylation is 1. The lowest BCUT2D eigenvalue weighted by Crippen LogP contribution is -2.47. The van der Waals surface area contributed by atoms with E-state index in [1.165, 1.54) is 10.7 Å². The summed E-state index contributed by atoms with van der Waals surface area (Å²) in [7, 11) is 1.90. The molecule has 0 aliphatic carbocycles. The fourth-order valence-corrected chi connectivity index (χ4v) is 3.54. The van der Waals surface area contributed by atoms with Gasteiger partial charge in [-0.1, -0.05) is 0 Å². The Hall–Kier alpha value is -2.42. The van der Waals surface area contributed by atoms with Crippen LogP contribution in [0.3, 0.4) is 0 Å². The van der Waals surface area contributed by atoms with Gasteiger partial charge in [0.1, 0.15) is 0 Å². The number of alkyl halides is 3. The number of piperidine rings is 1. The zero-order valence-corrected chi connectivity index (χ0v) is 16.2. The average molecular weight is 395 g/mol. The van der Waals surface area contributed by atoms with Gasteiger partial charge in [0.25, 0.3) is 0 Å². The SMILES string of the molecule is CN[C@H]1CCCN(C(=O)Cc2c(C)nn(-c3ccc(C(F)(F)F)cn3)c2C)C1. The van der Waals surface area contributed by atoms with Crippen molar-refractivity contribution in [1.29, 1.82) is 0 Å². The van der Waals surface area contributed by atoms with Gasteiger partial charge in [-0.15, -0.1) is 0 Å². The molecule has 3 rings (SSSR count). The molecular formula is C19H24F3N5O. The van der Waals surface area contributed by atoms with E-state index in [0.29, 0.717) is 29.8 Å². The highest BCUT2D eigenvalue weighted by Crippen LogP contribution is 2.29. The van der Waals surface area contributed by atoms with Crippen LogP contribution in [-0.4, -0.2) is 51.8 Å². The van der Waals surface area contributed by atoms with E-state index in [4.69, 9.17) is 0 Å². The van der Waals surface area contributed by atoms with Gasteiger partial charge in [0.15, 0.2) is 5.82 Å². The fraction of sp³-hybridized carbons (Fsp3) is 0.526. The summed E-state index contributed by atoms with van der Waals surface area (Å²) in [6, 6.07) is 2.57. The van der Waals surface area contributed by atoms with E-state index in [2.05, 4.69) is 15.4 Å². The maximum Gasteiger partial charge on any atom is 0.417 e. The molecule has 6 nitrogen and oxygen atoms in total. The number of rotatable bonds is 4. The number of hydrogen-bond acceptors (Lipinski definition) is 4. The van der Waals surface area contributed by atoms with E-state index in [-0.39, 0.29) is 12.3 Å². The number of likely N-dealkylation sites (tertiary alicyclic amines) is 1. The highest BCUT2D eigenvalue weighted by molar-refractivity contribution is 5.79. The van der Waals surface area contributed by atoms with Gasteiger partial charge in [-0.25, -0.2) is 9.67 Å². The van der Waals surface area contributed by atoms with Crippen molar-refractivity contribution >= 4 is 5.91 Å². The minimum absolute atomic E-state index is 0.0334. The van der Waals surface area contributed by atoms with Crippen LogP contribution in [0.5, 0.6) is 0 Å². The molecular weight excluding hydrogens is 371 g/mol. The van der Waals surface area contributed by atoms with Crippen LogP contribution in [0, 0.1) is 13.8 Å². The molecule has 2 aromatic heterocycles. The Bertz CT molecular complexity index is 844. The molecule has 0 bridgehead atoms. The van der Waals surface area contributed by atoms with E-state index in [1.54, 1.807) is 13.8 Å². The van der Waals surface area contributed by atoms with Crippen molar-refractivity contribution in [3.8, 4) is 5.82 Å². The average Bonchev–Trinajstić information content (AvgIpc) is 2.95. The molecule has 0 aromatic carbocycles. The van der Waals surface area contributed by atoms with Crippen molar-refractivity contribution in [3.05, 3.63) is 40.8 Å². The van der Waals surface area contributed by atoms with Gasteiger partial charge in [-0.05, 0) is 45.9 Å². The minimum Gasteiger partial charge on any atom is -0.341 e. The smallest absolute Gasteiger partial charge is 0.341 e. The van der Waals surface area contributed by atoms with Crippen LogP contribution >= 0.6 is 0 Å². The Morgan fingerprint density at radius 2 is 2.07 bits per heavy atom. The number of nitrogens with one attached hydrogen (secondary N) is 1. The largest absolute Gasteiger partial charge is 0.417 e. The van der Waals surface area contributed by atoms with E-state index < -0.39 is 11.7 Å². The lowest BCUT2D eigenvalue weighted by atomic mass is 10.0. The van der Waals surface area contributed by atoms with E-state index in [9.17, 15) is 18.0 Å². The van der Waals surface area contributed by atoms with Gasteiger partial charge < -0.3 is 10.2 Å². The van der Waals surface area contributed by atoms with Crippen molar-refractivity contribution in [1.82, 2.24) is 25.0 Å². The number of likely N-dealkylation sites (N-methyl/N-ethyl adjacent to an activating group) is 1. The first-order valence-corrected chi connectivity index (χ1v) is 9.24. The van der Waals surface area contributed by atoms with Crippen molar-refractivity contribution in [2.24, 2.45) is 0 Å². The number of amides is 1. The van der Waals surface area contributed by atoms with Crippen molar-refractivity contribution in [2.75, 3.05) is 20.1 Å². The summed E-state index contributed by atoms with van der Waals surface area (Å²) in [6.07, 6.45) is -1.41. The van der Waals surface area contributed by atoms with Gasteiger partial charge in [0, 0.05) is 36.6 Å². The molecule has 0 saturated carbocycles. The fourth-order valence-electron chi connectivity index (χ4n) is 3.54. The Labute approximate surface area is 161 Å². The molecule has 28 heavy (non-hydrogen) atoms. The van der Waals surface area contributed by atoms with Gasteiger partial charge in [-0.2, -0.15) is 18.3 Å². The van der Waals surface area contributed by atoms with Crippen LogP contribution in [0.4, 0.5) is 13.2 Å². The summed E-state index contributed by atoms with van der Waals surface area (Å²) in [5.41, 5.74) is 1.37. The van der Waals surface area contributed by atoms with Gasteiger partial charge in [-0.3, -0.25) is 4.79 Å². The van der Waals surface area contributed by atoms with Crippen molar-refractivity contribution in [3.63, 3.8) is 0 Å². The molecule has 1 aliphatic heterocycles. The molecule has 1 N–H and O–H groups in total. The molecule has 1 fully saturated rings. The Morgan fingerprint density at radius 1 is 1.32 bits per heavy atom. The summed E-state index contributed by atoms with van der Waals surface area (Å²) in [4.78, 5) is 18.5. The summed E-state index contributed by atoms with van der Waals surface area (Å²) < 4.78 is 39.7. The van der Waals surface area contributed by atoms with Crippen LogP contribution in [0.25, 0.3) is 5.82 Å². The second-order valence-electron chi connectivity index (χ2n) is 7.11. The summed E-state index contributed by atoms with van der Waals surface area (Å²) in [6.45, 7) is 5.02. The zero-order valence-electron chi connectivity index (χ0n) is 16.2. The molecule has 0 unspecified atom stereocenters. The minimum atomic E-state index is -4.43. The maximum absolute atomic E-state index is 12.8. The first-order valence-electron chi connectivity index (χ1n) is 9.24. The summed E-state index contributed by atoms with van der Waals surface area (Å²) >= 11 is 0. The van der Waals surface area contributed by atoms with E-state index >= 15 is 0 Å². The van der Waals surface area contributed by atoms with E-state index in [0.717, 1.165) is 37.2 Å². The van der Waals surface area contributed by atoms with Crippen LogP contribution in [0.1, 0.15) is 35.4 Å². The molecule has 1 atom stereocenters. The number of pyridine rings is 1. The number of carbonyl (C=O) groups excluding carboxylic acids is 1. The van der Waals surface area contributed by atoms with Crippen LogP contribution < -0.4 is 5.32 Å². The monoisotopic (exact) mass is 395 g/mol. The first-order chi connectivity index (χ1) is 13.2. The second-order valence-corrected chi connectivity index (χ2v) is 7.11. The van der Waals surface area contributed by atoms with Crippen LogP contribution in [0.2, 0.25) is 0 Å². The number of carbonyl (C=O) groups is 1. The molecule has 9 heteroatoms. The molecule has 1 aliphatic rings. The molecule has 0 spiro atoms. The third-order valence-corrected chi connectivity index (χ3v) is 5.24. The van der Waals surface area contributed by atoms with Gasteiger partial charge >= 0.3 is 6.18 Å². The lowest BCUT2D eigenvalue weighted by Gasteiger charge is -2.32. The molecule has 152 valence electrons. The summed E-state index contributed by atoms with van der Waals surface area (Å²) in [5.74, 6) is 0.326. The first kappa shape index (κ1) is 20.3. The van der Waals surface area contributed by atoms with Crippen LogP contribution in [0.15, 0.2) is 18.3 Å². The van der Waals surface area contributed by atoms with Gasteiger partial charge in [0.2, 0.25) is 5.91 Å². The number of halogens is 3. The molecule has 3 heterocycles. The van der Waals surface area contributed by atoms with Crippen molar-refractivity contribution in [2.45, 2.75) is 45.3 Å².